The van der Waals surface area contributed by atoms with Gasteiger partial charge in [0, 0.05) is 10.6 Å². The van der Waals surface area contributed by atoms with Crippen LogP contribution in [-0.2, 0) is 0 Å². The van der Waals surface area contributed by atoms with Crippen molar-refractivity contribution in [2.24, 2.45) is 0 Å². The normalized spacial score (nSPS) is 10.4. The van der Waals surface area contributed by atoms with Crippen LogP contribution in [0.4, 0.5) is 0 Å². The van der Waals surface area contributed by atoms with Crippen molar-refractivity contribution in [3.05, 3.63) is 77.1 Å². The summed E-state index contributed by atoms with van der Waals surface area (Å²) in [5, 5.41) is 8.83. The van der Waals surface area contributed by atoms with Crippen LogP contribution in [-0.4, -0.2) is 20.8 Å². The molecular weight excluding hydrogens is 274 g/mol. The Bertz CT molecular complexity index is 753. The highest BCUT2D eigenvalue weighted by atomic mass is 35.5. The van der Waals surface area contributed by atoms with Crippen molar-refractivity contribution in [2.75, 3.05) is 0 Å². The molecular formula is C15H10ClN3O. The van der Waals surface area contributed by atoms with Gasteiger partial charge in [-0.25, -0.2) is 0 Å². The van der Waals surface area contributed by atoms with E-state index in [1.807, 2.05) is 30.3 Å². The highest BCUT2D eigenvalue weighted by Crippen LogP contribution is 2.14. The lowest BCUT2D eigenvalue weighted by Gasteiger charge is -1.99. The van der Waals surface area contributed by atoms with Crippen molar-refractivity contribution in [1.82, 2.24) is 15.0 Å². The van der Waals surface area contributed by atoms with Crippen LogP contribution in [0.25, 0.3) is 5.69 Å². The fourth-order valence-electron chi connectivity index (χ4n) is 1.83. The van der Waals surface area contributed by atoms with E-state index < -0.39 is 0 Å². The molecule has 3 aromatic rings. The molecule has 0 atom stereocenters. The first-order chi connectivity index (χ1) is 9.74. The molecule has 98 valence electrons. The molecule has 0 fully saturated rings. The number of aromatic nitrogens is 3. The largest absolute Gasteiger partial charge is 0.287 e. The summed E-state index contributed by atoms with van der Waals surface area (Å²) in [7, 11) is 0. The average molecular weight is 284 g/mol. The molecule has 0 aliphatic rings. The first kappa shape index (κ1) is 12.6. The third-order valence-corrected chi connectivity index (χ3v) is 3.03. The molecule has 1 heterocycles. The number of hydrogen-bond donors (Lipinski definition) is 0. The number of para-hydroxylation sites is 1. The van der Waals surface area contributed by atoms with Crippen LogP contribution in [0.1, 0.15) is 16.1 Å². The molecule has 0 aliphatic carbocycles. The van der Waals surface area contributed by atoms with E-state index >= 15 is 0 Å². The van der Waals surface area contributed by atoms with Crippen LogP contribution in [0.5, 0.6) is 0 Å². The van der Waals surface area contributed by atoms with Crippen molar-refractivity contribution >= 4 is 17.4 Å². The Balaban J connectivity index is 1.93. The summed E-state index contributed by atoms with van der Waals surface area (Å²) in [6, 6.07) is 16.2. The highest BCUT2D eigenvalue weighted by Gasteiger charge is 2.14. The lowest BCUT2D eigenvalue weighted by molar-refractivity contribution is 0.103. The number of nitrogens with zero attached hydrogens (tertiary/aromatic N) is 3. The summed E-state index contributed by atoms with van der Waals surface area (Å²) in [4.78, 5) is 13.7. The Kier molecular flexibility index (Phi) is 3.31. The lowest BCUT2D eigenvalue weighted by Crippen LogP contribution is -2.04. The van der Waals surface area contributed by atoms with Gasteiger partial charge in [0.05, 0.1) is 11.9 Å². The molecule has 20 heavy (non-hydrogen) atoms. The highest BCUT2D eigenvalue weighted by molar-refractivity contribution is 6.31. The number of rotatable bonds is 3. The predicted octanol–water partition coefficient (Wildman–Crippen LogP) is 3.15. The van der Waals surface area contributed by atoms with Crippen molar-refractivity contribution in [3.63, 3.8) is 0 Å². The van der Waals surface area contributed by atoms with Crippen molar-refractivity contribution < 1.29 is 4.79 Å². The minimum atomic E-state index is -0.199. The molecule has 0 N–H and O–H groups in total. The lowest BCUT2D eigenvalue weighted by atomic mass is 10.1. The third-order valence-electron chi connectivity index (χ3n) is 2.80. The number of ketones is 1. The fraction of sp³-hybridized carbons (Fsp3) is 0. The van der Waals surface area contributed by atoms with Gasteiger partial charge in [0.25, 0.3) is 0 Å². The Morgan fingerprint density at radius 1 is 1.05 bits per heavy atom. The number of carbonyl (C=O) groups excluding carboxylic acids is 1. The van der Waals surface area contributed by atoms with Gasteiger partial charge in [0.1, 0.15) is 0 Å². The summed E-state index contributed by atoms with van der Waals surface area (Å²) in [6.45, 7) is 0. The monoisotopic (exact) mass is 283 g/mol. The maximum Gasteiger partial charge on any atom is 0.214 e. The Morgan fingerprint density at radius 3 is 2.60 bits per heavy atom. The minimum absolute atomic E-state index is 0.199. The second-order valence-corrected chi connectivity index (χ2v) is 4.63. The summed E-state index contributed by atoms with van der Waals surface area (Å²) in [5.41, 5.74) is 1.59. The molecule has 0 saturated carbocycles. The molecule has 0 radical (unpaired) electrons. The molecule has 5 heteroatoms. The van der Waals surface area contributed by atoms with Crippen molar-refractivity contribution in [1.29, 1.82) is 0 Å². The third kappa shape index (κ3) is 2.46. The quantitative estimate of drug-likeness (QED) is 0.694. The van der Waals surface area contributed by atoms with Gasteiger partial charge in [0.2, 0.25) is 5.78 Å². The summed E-state index contributed by atoms with van der Waals surface area (Å²) < 4.78 is 0. The van der Waals surface area contributed by atoms with Crippen molar-refractivity contribution in [3.8, 4) is 5.69 Å². The molecule has 1 aromatic heterocycles. The fourth-order valence-corrected chi connectivity index (χ4v) is 2.02. The van der Waals surface area contributed by atoms with E-state index in [-0.39, 0.29) is 11.5 Å². The molecule has 0 saturated heterocycles. The molecule has 4 nitrogen and oxygen atoms in total. The van der Waals surface area contributed by atoms with Gasteiger partial charge < -0.3 is 0 Å². The first-order valence-electron chi connectivity index (χ1n) is 6.02. The van der Waals surface area contributed by atoms with Crippen molar-refractivity contribution in [2.45, 2.75) is 0 Å². The standard InChI is InChI=1S/C15H10ClN3O/c16-12-6-4-5-11(9-12)15(20)14-10-17-19(18-14)13-7-2-1-3-8-13/h1-10H. The zero-order chi connectivity index (χ0) is 13.9. The maximum atomic E-state index is 12.3. The SMILES string of the molecule is O=C(c1cccc(Cl)c1)c1cnn(-c2ccccc2)n1. The van der Waals surface area contributed by atoms with E-state index in [0.717, 1.165) is 5.69 Å². The van der Waals surface area contributed by atoms with E-state index in [1.54, 1.807) is 24.3 Å². The second-order valence-electron chi connectivity index (χ2n) is 4.19. The molecule has 0 spiro atoms. The molecule has 0 aliphatic heterocycles. The molecule has 0 amide bonds. The van der Waals surface area contributed by atoms with Gasteiger partial charge in [-0.3, -0.25) is 4.79 Å². The number of halogens is 1. The number of carbonyl (C=O) groups is 1. The average Bonchev–Trinajstić information content (AvgIpc) is 2.97. The van der Waals surface area contributed by atoms with E-state index in [2.05, 4.69) is 10.2 Å². The number of benzene rings is 2. The van der Waals surface area contributed by atoms with Gasteiger partial charge in [-0.1, -0.05) is 41.9 Å². The van der Waals surface area contributed by atoms with Gasteiger partial charge in [-0.15, -0.1) is 5.10 Å². The summed E-state index contributed by atoms with van der Waals surface area (Å²) in [6.07, 6.45) is 1.45. The Hall–Kier alpha value is -2.46. The van der Waals surface area contributed by atoms with Gasteiger partial charge in [0.15, 0.2) is 5.69 Å². The van der Waals surface area contributed by atoms with E-state index in [9.17, 15) is 4.79 Å². The van der Waals surface area contributed by atoms with Crippen LogP contribution >= 0.6 is 11.6 Å². The zero-order valence-electron chi connectivity index (χ0n) is 10.4. The molecule has 3 rings (SSSR count). The summed E-state index contributed by atoms with van der Waals surface area (Å²) in [5.74, 6) is -0.199. The molecule has 0 bridgehead atoms. The maximum absolute atomic E-state index is 12.3. The van der Waals surface area contributed by atoms with Gasteiger partial charge in [-0.2, -0.15) is 9.90 Å². The van der Waals surface area contributed by atoms with Crippen LogP contribution in [0.3, 0.4) is 0 Å². The Labute approximate surface area is 120 Å². The van der Waals surface area contributed by atoms with Crippen LogP contribution in [0, 0.1) is 0 Å². The topological polar surface area (TPSA) is 47.8 Å². The molecule has 2 aromatic carbocycles. The predicted molar refractivity (Wildman–Crippen MR) is 76.2 cm³/mol. The van der Waals surface area contributed by atoms with Crippen LogP contribution < -0.4 is 0 Å². The smallest absolute Gasteiger partial charge is 0.214 e. The first-order valence-corrected chi connectivity index (χ1v) is 6.40. The van der Waals surface area contributed by atoms with Crippen LogP contribution in [0.15, 0.2) is 60.8 Å². The van der Waals surface area contributed by atoms with Gasteiger partial charge >= 0.3 is 0 Å². The second kappa shape index (κ2) is 5.27. The Morgan fingerprint density at radius 2 is 1.85 bits per heavy atom. The van der Waals surface area contributed by atoms with Crippen LogP contribution in [0.2, 0.25) is 5.02 Å². The van der Waals surface area contributed by atoms with Gasteiger partial charge in [-0.05, 0) is 24.3 Å². The summed E-state index contributed by atoms with van der Waals surface area (Å²) >= 11 is 5.88. The molecule has 0 unspecified atom stereocenters. The van der Waals surface area contributed by atoms with E-state index in [0.29, 0.717) is 10.6 Å². The minimum Gasteiger partial charge on any atom is -0.287 e. The number of hydrogen-bond acceptors (Lipinski definition) is 3. The zero-order valence-corrected chi connectivity index (χ0v) is 11.2. The van der Waals surface area contributed by atoms with E-state index in [1.165, 1.54) is 11.0 Å². The van der Waals surface area contributed by atoms with E-state index in [4.69, 9.17) is 11.6 Å².